The molecule has 0 heterocycles. The highest BCUT2D eigenvalue weighted by Gasteiger charge is 2.38. The zero-order valence-electron chi connectivity index (χ0n) is 10.1. The Labute approximate surface area is 97.5 Å². The van der Waals surface area contributed by atoms with Crippen molar-refractivity contribution < 1.29 is 14.6 Å². The number of carbonyl (C=O) groups is 1. The van der Waals surface area contributed by atoms with Crippen LogP contribution in [0.25, 0.3) is 0 Å². The summed E-state index contributed by atoms with van der Waals surface area (Å²) in [5, 5.41) is 9.36. The molecule has 1 N–H and O–H groups in total. The van der Waals surface area contributed by atoms with E-state index in [4.69, 9.17) is 4.74 Å². The largest absolute Gasteiger partial charge is 0.479 e. The van der Waals surface area contributed by atoms with E-state index in [1.54, 1.807) is 0 Å². The van der Waals surface area contributed by atoms with Crippen molar-refractivity contribution >= 4 is 5.97 Å². The molecular weight excluding hydrogens is 204 g/mol. The van der Waals surface area contributed by atoms with E-state index in [2.05, 4.69) is 0 Å². The highest BCUT2D eigenvalue weighted by molar-refractivity contribution is 5.77. The highest BCUT2D eigenvalue weighted by atomic mass is 16.5. The number of hydrogen-bond acceptors (Lipinski definition) is 2. The Morgan fingerprint density at radius 1 is 1.25 bits per heavy atom. The lowest BCUT2D eigenvalue weighted by Gasteiger charge is -2.30. The molecule has 3 nitrogen and oxygen atoms in total. The molecule has 0 aromatic carbocycles. The molecule has 0 spiro atoms. The minimum absolute atomic E-state index is 0.406. The molecule has 3 heteroatoms. The summed E-state index contributed by atoms with van der Waals surface area (Å²) < 4.78 is 5.62. The van der Waals surface area contributed by atoms with Gasteiger partial charge in [0.25, 0.3) is 0 Å². The summed E-state index contributed by atoms with van der Waals surface area (Å²) in [5.41, 5.74) is -0.931. The van der Waals surface area contributed by atoms with Gasteiger partial charge in [-0.2, -0.15) is 0 Å². The first-order valence-electron chi connectivity index (χ1n) is 6.20. The monoisotopic (exact) mass is 226 g/mol. The lowest BCUT2D eigenvalue weighted by molar-refractivity contribution is -0.167. The smallest absolute Gasteiger partial charge is 0.335 e. The number of ether oxygens (including phenoxy) is 1. The Hall–Kier alpha value is -0.830. The van der Waals surface area contributed by atoms with Gasteiger partial charge in [0.05, 0.1) is 6.61 Å². The van der Waals surface area contributed by atoms with Gasteiger partial charge in [-0.25, -0.2) is 4.79 Å². The van der Waals surface area contributed by atoms with Crippen molar-refractivity contribution in [2.45, 2.75) is 57.5 Å². The zero-order chi connectivity index (χ0) is 11.9. The van der Waals surface area contributed by atoms with E-state index < -0.39 is 11.6 Å². The van der Waals surface area contributed by atoms with Crippen LogP contribution in [0.1, 0.15) is 51.9 Å². The molecule has 0 aliphatic heterocycles. The van der Waals surface area contributed by atoms with Crippen LogP contribution in [0.5, 0.6) is 0 Å². The molecule has 0 aromatic rings. The van der Waals surface area contributed by atoms with Crippen molar-refractivity contribution in [3.05, 3.63) is 12.2 Å². The van der Waals surface area contributed by atoms with Crippen LogP contribution in [0.4, 0.5) is 0 Å². The van der Waals surface area contributed by atoms with Crippen molar-refractivity contribution in [2.75, 3.05) is 6.61 Å². The maximum atomic E-state index is 11.4. The number of aliphatic carboxylic acids is 1. The Kier molecular flexibility index (Phi) is 5.53. The zero-order valence-corrected chi connectivity index (χ0v) is 10.1. The van der Waals surface area contributed by atoms with E-state index in [0.29, 0.717) is 19.4 Å². The molecule has 16 heavy (non-hydrogen) atoms. The van der Waals surface area contributed by atoms with Gasteiger partial charge in [0.15, 0.2) is 5.60 Å². The molecule has 0 radical (unpaired) electrons. The molecule has 1 aliphatic carbocycles. The van der Waals surface area contributed by atoms with Gasteiger partial charge in [0.2, 0.25) is 0 Å². The molecule has 0 aromatic heterocycles. The van der Waals surface area contributed by atoms with Gasteiger partial charge in [-0.15, -0.1) is 0 Å². The predicted molar refractivity (Wildman–Crippen MR) is 63.5 cm³/mol. The lowest BCUT2D eigenvalue weighted by atomic mass is 9.87. The van der Waals surface area contributed by atoms with Crippen molar-refractivity contribution in [3.63, 3.8) is 0 Å². The van der Waals surface area contributed by atoms with E-state index in [-0.39, 0.29) is 0 Å². The third kappa shape index (κ3) is 3.63. The third-order valence-electron chi connectivity index (χ3n) is 3.24. The van der Waals surface area contributed by atoms with E-state index in [9.17, 15) is 9.90 Å². The van der Waals surface area contributed by atoms with Crippen LogP contribution < -0.4 is 0 Å². The average Bonchev–Trinajstić information content (AvgIpc) is 2.21. The van der Waals surface area contributed by atoms with E-state index >= 15 is 0 Å². The maximum absolute atomic E-state index is 11.4. The molecule has 0 saturated heterocycles. The van der Waals surface area contributed by atoms with E-state index in [1.165, 1.54) is 6.42 Å². The average molecular weight is 226 g/mol. The van der Waals surface area contributed by atoms with Crippen LogP contribution in [0, 0.1) is 0 Å². The fourth-order valence-electron chi connectivity index (χ4n) is 2.20. The molecule has 1 fully saturated rings. The predicted octanol–water partition coefficient (Wildman–Crippen LogP) is 3.15. The molecule has 0 atom stereocenters. The molecule has 1 rings (SSSR count). The van der Waals surface area contributed by atoms with Crippen LogP contribution >= 0.6 is 0 Å². The Balaban J connectivity index is 2.63. The summed E-state index contributed by atoms with van der Waals surface area (Å²) in [5.74, 6) is -0.793. The van der Waals surface area contributed by atoms with Gasteiger partial charge < -0.3 is 9.84 Å². The first kappa shape index (κ1) is 13.2. The van der Waals surface area contributed by atoms with Gasteiger partial charge in [-0.05, 0) is 32.6 Å². The molecule has 92 valence electrons. The summed E-state index contributed by atoms with van der Waals surface area (Å²) >= 11 is 0. The highest BCUT2D eigenvalue weighted by Crippen LogP contribution is 2.30. The number of allylic oxidation sites excluding steroid dienone is 1. The van der Waals surface area contributed by atoms with Crippen molar-refractivity contribution in [1.29, 1.82) is 0 Å². The van der Waals surface area contributed by atoms with Crippen LogP contribution in [-0.2, 0) is 9.53 Å². The third-order valence-corrected chi connectivity index (χ3v) is 3.24. The second-order valence-electron chi connectivity index (χ2n) is 4.45. The van der Waals surface area contributed by atoms with Crippen LogP contribution in [0.2, 0.25) is 0 Å². The molecule has 0 amide bonds. The molecule has 1 aliphatic rings. The van der Waals surface area contributed by atoms with Crippen LogP contribution in [-0.4, -0.2) is 23.3 Å². The summed E-state index contributed by atoms with van der Waals surface area (Å²) in [4.78, 5) is 11.4. The summed E-state index contributed by atoms with van der Waals surface area (Å²) in [7, 11) is 0. The van der Waals surface area contributed by atoms with Crippen molar-refractivity contribution in [1.82, 2.24) is 0 Å². The van der Waals surface area contributed by atoms with Gasteiger partial charge in [0.1, 0.15) is 0 Å². The fraction of sp³-hybridized carbons (Fsp3) is 0.769. The standard InChI is InChI=1S/C13H22O3/c1-2-3-11-16-13(12(14)15)9-7-5-4-6-8-10-13/h2-3H,4-11H2,1H3,(H,14,15). The van der Waals surface area contributed by atoms with E-state index in [0.717, 1.165) is 25.7 Å². The first-order valence-corrected chi connectivity index (χ1v) is 6.20. The quantitative estimate of drug-likeness (QED) is 0.749. The molecule has 1 saturated carbocycles. The minimum Gasteiger partial charge on any atom is -0.479 e. The minimum atomic E-state index is -0.931. The topological polar surface area (TPSA) is 46.5 Å². The summed E-state index contributed by atoms with van der Waals surface area (Å²) in [6.07, 6.45) is 10.5. The number of carboxylic acids is 1. The van der Waals surface area contributed by atoms with Gasteiger partial charge in [-0.1, -0.05) is 31.4 Å². The SMILES string of the molecule is CC=CCOC1(C(=O)O)CCCCCCC1. The van der Waals surface area contributed by atoms with Gasteiger partial charge >= 0.3 is 5.97 Å². The molecular formula is C13H22O3. The summed E-state index contributed by atoms with van der Waals surface area (Å²) in [6, 6.07) is 0. The maximum Gasteiger partial charge on any atom is 0.335 e. The molecule has 0 bridgehead atoms. The Morgan fingerprint density at radius 2 is 1.81 bits per heavy atom. The van der Waals surface area contributed by atoms with Crippen molar-refractivity contribution in [2.24, 2.45) is 0 Å². The van der Waals surface area contributed by atoms with Gasteiger partial charge in [0, 0.05) is 0 Å². The number of rotatable bonds is 4. The number of hydrogen-bond donors (Lipinski definition) is 1. The van der Waals surface area contributed by atoms with Crippen LogP contribution in [0.3, 0.4) is 0 Å². The molecule has 0 unspecified atom stereocenters. The van der Waals surface area contributed by atoms with Gasteiger partial charge in [-0.3, -0.25) is 0 Å². The normalized spacial score (nSPS) is 21.6. The number of carboxylic acid groups (broad SMARTS) is 1. The Morgan fingerprint density at radius 3 is 2.31 bits per heavy atom. The first-order chi connectivity index (χ1) is 7.71. The summed E-state index contributed by atoms with van der Waals surface area (Å²) in [6.45, 7) is 2.32. The van der Waals surface area contributed by atoms with E-state index in [1.807, 2.05) is 19.1 Å². The second-order valence-corrected chi connectivity index (χ2v) is 4.45. The fourth-order valence-corrected chi connectivity index (χ4v) is 2.20. The van der Waals surface area contributed by atoms with Crippen LogP contribution in [0.15, 0.2) is 12.2 Å². The lowest BCUT2D eigenvalue weighted by Crippen LogP contribution is -2.42. The second kappa shape index (κ2) is 6.69. The van der Waals surface area contributed by atoms with Crippen molar-refractivity contribution in [3.8, 4) is 0 Å². The Bertz CT molecular complexity index is 238.